The first-order valence-electron chi connectivity index (χ1n) is 58.0. The zero-order valence-corrected chi connectivity index (χ0v) is 94.9. The van der Waals surface area contributed by atoms with Gasteiger partial charge in [-0.3, -0.25) is 0 Å². The van der Waals surface area contributed by atoms with E-state index < -0.39 is 0 Å². The molecule has 26 rings (SSSR count). The van der Waals surface area contributed by atoms with Gasteiger partial charge in [0.1, 0.15) is 0 Å². The highest BCUT2D eigenvalue weighted by Gasteiger charge is 2.49. The highest BCUT2D eigenvalue weighted by molar-refractivity contribution is 9.11. The molecule has 0 aliphatic heterocycles. The predicted octanol–water partition coefficient (Wildman–Crippen LogP) is 42.4. The predicted molar refractivity (Wildman–Crippen MR) is 636 cm³/mol. The number of benzene rings is 14. The summed E-state index contributed by atoms with van der Waals surface area (Å²) in [4.78, 5) is 5.70. The van der Waals surface area contributed by atoms with E-state index in [0.29, 0.717) is 23.7 Å². The van der Waals surface area contributed by atoms with Crippen LogP contribution < -0.4 is 15.1 Å². The van der Waals surface area contributed by atoms with Crippen LogP contribution >= 0.6 is 31.9 Å². The Kier molecular flexibility index (Phi) is 26.0. The summed E-state index contributed by atoms with van der Waals surface area (Å²) in [6, 6.07) is 101. The zero-order chi connectivity index (χ0) is 102. The number of halogens is 2. The molecular formula is C142H163Br2N3. The van der Waals surface area contributed by atoms with Gasteiger partial charge in [0, 0.05) is 64.6 Å². The van der Waals surface area contributed by atoms with Crippen LogP contribution in [0.1, 0.15) is 381 Å². The first kappa shape index (κ1) is 99.4. The molecule has 12 saturated carbocycles. The molecule has 12 fully saturated rings. The van der Waals surface area contributed by atoms with Crippen molar-refractivity contribution in [1.82, 2.24) is 0 Å². The summed E-state index contributed by atoms with van der Waals surface area (Å²) < 4.78 is 2.31. The number of nitrogens with zero attached hydrogens (tertiary/aromatic N) is 2. The van der Waals surface area contributed by atoms with Crippen molar-refractivity contribution in [2.45, 2.75) is 347 Å². The average molecular weight is 2070 g/mol. The molecule has 1 N–H and O–H groups in total. The fourth-order valence-electron chi connectivity index (χ4n) is 31.6. The molecule has 14 aromatic rings. The van der Waals surface area contributed by atoms with Crippen LogP contribution in [0.3, 0.4) is 0 Å². The van der Waals surface area contributed by atoms with Crippen LogP contribution in [0.2, 0.25) is 0 Å². The van der Waals surface area contributed by atoms with Crippen LogP contribution in [0.5, 0.6) is 0 Å². The van der Waals surface area contributed by atoms with Gasteiger partial charge in [-0.05, 0) is 482 Å². The number of rotatable bonds is 16. The lowest BCUT2D eigenvalue weighted by atomic mass is 9.78. The lowest BCUT2D eigenvalue weighted by Gasteiger charge is -2.37. The van der Waals surface area contributed by atoms with Gasteiger partial charge < -0.3 is 15.1 Å². The third kappa shape index (κ3) is 19.4. The Bertz CT molecular complexity index is 7120. The number of hydrogen-bond donors (Lipinski definition) is 1. The molecule has 18 atom stereocenters. The smallest absolute Gasteiger partial charge is 0.0620 e. The molecule has 12 aliphatic rings. The van der Waals surface area contributed by atoms with Crippen LogP contribution in [0.4, 0.5) is 45.5 Å². The van der Waals surface area contributed by atoms with Gasteiger partial charge in [-0.25, -0.2) is 0 Å². The quantitative estimate of drug-likeness (QED) is 0.0768. The van der Waals surface area contributed by atoms with Gasteiger partial charge in [0.2, 0.25) is 0 Å². The summed E-state index contributed by atoms with van der Waals surface area (Å²) in [5, 5.41) is 14.1. The van der Waals surface area contributed by atoms with Gasteiger partial charge in [0.15, 0.2) is 0 Å². The molecule has 760 valence electrons. The third-order valence-corrected chi connectivity index (χ3v) is 41.4. The minimum Gasteiger partial charge on any atom is -0.355 e. The van der Waals surface area contributed by atoms with Crippen molar-refractivity contribution >= 4 is 120 Å². The molecule has 14 aromatic carbocycles. The molecule has 0 heterocycles. The van der Waals surface area contributed by atoms with Gasteiger partial charge >= 0.3 is 0 Å². The summed E-state index contributed by atoms with van der Waals surface area (Å²) in [5.41, 5.74) is 33.6. The molecule has 12 bridgehead atoms. The molecule has 0 saturated heterocycles. The van der Waals surface area contributed by atoms with E-state index in [-0.39, 0.29) is 32.5 Å². The van der Waals surface area contributed by atoms with E-state index in [1.807, 2.05) is 6.07 Å². The molecule has 18 unspecified atom stereocenters. The second-order valence-corrected chi connectivity index (χ2v) is 57.2. The molecule has 3 nitrogen and oxygen atoms in total. The van der Waals surface area contributed by atoms with Crippen LogP contribution in [-0.2, 0) is 32.5 Å². The molecule has 0 spiro atoms. The van der Waals surface area contributed by atoms with E-state index in [9.17, 15) is 0 Å². The molecule has 0 amide bonds. The largest absolute Gasteiger partial charge is 0.355 e. The van der Waals surface area contributed by atoms with Crippen molar-refractivity contribution in [2.75, 3.05) is 15.1 Å². The van der Waals surface area contributed by atoms with Crippen molar-refractivity contribution in [3.63, 3.8) is 0 Å². The van der Waals surface area contributed by atoms with Crippen molar-refractivity contribution < 1.29 is 0 Å². The van der Waals surface area contributed by atoms with Gasteiger partial charge in [0.05, 0.1) is 11.4 Å². The summed E-state index contributed by atoms with van der Waals surface area (Å²) in [7, 11) is 0. The van der Waals surface area contributed by atoms with Gasteiger partial charge in [-0.1, -0.05) is 333 Å². The van der Waals surface area contributed by atoms with Crippen LogP contribution in [0, 0.1) is 71.0 Å². The van der Waals surface area contributed by atoms with Crippen molar-refractivity contribution in [3.8, 4) is 22.3 Å². The lowest BCUT2D eigenvalue weighted by molar-refractivity contribution is 0.412. The molecule has 0 radical (unpaired) electrons. The highest BCUT2D eigenvalue weighted by Crippen LogP contribution is 2.64. The van der Waals surface area contributed by atoms with E-state index in [1.165, 1.54) is 298 Å². The van der Waals surface area contributed by atoms with E-state index in [0.717, 1.165) is 91.8 Å². The summed E-state index contributed by atoms with van der Waals surface area (Å²) in [6.07, 6.45) is 33.9. The molecule has 0 aromatic heterocycles. The Morgan fingerprint density at radius 3 is 0.735 bits per heavy atom. The van der Waals surface area contributed by atoms with Gasteiger partial charge in [-0.2, -0.15) is 0 Å². The third-order valence-electron chi connectivity index (χ3n) is 39.7. The highest BCUT2D eigenvalue weighted by atomic mass is 79.9. The summed E-state index contributed by atoms with van der Waals surface area (Å²) >= 11 is 7.58. The van der Waals surface area contributed by atoms with E-state index >= 15 is 0 Å². The van der Waals surface area contributed by atoms with Crippen molar-refractivity contribution in [3.05, 3.63) is 330 Å². The normalized spacial score (nSPS) is 26.3. The number of nitrogens with one attached hydrogen (secondary N) is 1. The zero-order valence-electron chi connectivity index (χ0n) is 91.8. The number of anilines is 8. The fourth-order valence-corrected chi connectivity index (χ4v) is 33.0. The standard InChI is InChI=1S/C88H104N2.C34H47N.C20H12Br2/c1-85(2,3)67-47-68(86(4,5)6)50-73(49-67)89(71-42-63(78-36-53-22-26-59(78)32-53)40-64(43-71)79-37-54-23-27-60(79)33-54)83-75-20-16-17-21-76(75)84(82-46-58(30-31-77(82)83)57-18-14-13-15-19-57)90(74-51-69(87(7,8)9)48-70(52-74)88(10,11)12)72-44-65(80-38-55-24-28-61(80)34-55)41-66(45-72)81-39-56-25-29-62(81)35-56;1-33(2,3)27-18-28(34(4,5)6)20-30(19-27)35-29-16-25(31-13-21-7-9-23(31)11-21)15-26(17-29)32-14-22-8-10-24(32)12-22;21-19-15-8-4-5-9-16(15)20(22)18-12-14(10-11-17(18)19)13-6-2-1-3-7-13/h13-21,30-31,40-56,59-62,78-81H,22-29,32-39H2,1-12H3;15-24,31-32,35H,7-14H2,1-6H3;1-12H. The Labute approximate surface area is 899 Å². The minimum atomic E-state index is -0.0766. The van der Waals surface area contributed by atoms with Gasteiger partial charge in [0.25, 0.3) is 0 Å². The first-order valence-corrected chi connectivity index (χ1v) is 59.6. The van der Waals surface area contributed by atoms with Gasteiger partial charge in [-0.15, -0.1) is 0 Å². The topological polar surface area (TPSA) is 18.5 Å². The monoisotopic (exact) mass is 2070 g/mol. The Balaban J connectivity index is 0.000000163. The fraction of sp³-hybridized carbons (Fsp3) is 0.465. The average Bonchev–Trinajstić information content (AvgIpc) is 1.67. The Morgan fingerprint density at radius 1 is 0.204 bits per heavy atom. The first-order chi connectivity index (χ1) is 70.3. The van der Waals surface area contributed by atoms with Crippen molar-refractivity contribution in [1.29, 1.82) is 0 Å². The van der Waals surface area contributed by atoms with Crippen LogP contribution in [-0.4, -0.2) is 0 Å². The van der Waals surface area contributed by atoms with E-state index in [4.69, 9.17) is 0 Å². The molecular weight excluding hydrogens is 1910 g/mol. The maximum absolute atomic E-state index is 3.94. The second-order valence-electron chi connectivity index (χ2n) is 55.6. The van der Waals surface area contributed by atoms with Crippen molar-refractivity contribution in [2.24, 2.45) is 71.0 Å². The van der Waals surface area contributed by atoms with E-state index in [1.54, 1.807) is 33.4 Å². The molecule has 12 aliphatic carbocycles. The van der Waals surface area contributed by atoms with Crippen LogP contribution in [0.25, 0.3) is 65.3 Å². The Morgan fingerprint density at radius 2 is 0.442 bits per heavy atom. The summed E-state index contributed by atoms with van der Waals surface area (Å²) in [5.74, 6) is 14.5. The van der Waals surface area contributed by atoms with E-state index in [2.05, 4.69) is 420 Å². The SMILES string of the molecule is Brc1c2ccccc2c(Br)c2cc(-c3ccccc3)ccc12.CC(C)(C)c1cc(N(c2cc(C3CC4CCC3C4)cc(C3CC4CCC3C4)c2)c2c3ccccc3c(N(c3cc(C4CC5CCC4C5)cc(C4CC5CCC4C5)c3)c3cc(C(C)(C)C)cc(C(C)(C)C)c3)c3cc(-c4ccccc4)ccc23)cc(C(C)(C)C)c1.CC(C)(C)c1cc(Nc2cc(C3CC4CCC3C4)cc(C3CC4CCC3C4)c2)cc(C(C)(C)C)c1. The maximum atomic E-state index is 3.94. The molecule has 5 heteroatoms. The van der Waals surface area contributed by atoms with Crippen LogP contribution in [0.15, 0.2) is 264 Å². The summed E-state index contributed by atoms with van der Waals surface area (Å²) in [6.45, 7) is 43.2. The minimum absolute atomic E-state index is 0.0725. The molecule has 147 heavy (non-hydrogen) atoms. The Hall–Kier alpha value is -9.52. The maximum Gasteiger partial charge on any atom is 0.0620 e. The lowest BCUT2D eigenvalue weighted by Crippen LogP contribution is -2.21. The number of hydrogen-bond acceptors (Lipinski definition) is 3. The number of fused-ring (bicyclic) bond motifs is 16. The second kappa shape index (κ2) is 38.4.